The summed E-state index contributed by atoms with van der Waals surface area (Å²) in [5.74, 6) is 1.63. The van der Waals surface area contributed by atoms with Gasteiger partial charge in [-0.15, -0.1) is 4.91 Å². The Morgan fingerprint density at radius 2 is 1.75 bits per heavy atom. The molecule has 0 saturated heterocycles. The molecule has 1 N–H and O–H groups in total. The minimum atomic E-state index is -0.515. The number of nitrogens with one attached hydrogen (secondary N) is 1. The molecule has 2 aliphatic rings. The van der Waals surface area contributed by atoms with Crippen LogP contribution in [0.5, 0.6) is 0 Å². The Morgan fingerprint density at radius 3 is 2.39 bits per heavy atom. The van der Waals surface area contributed by atoms with Crippen molar-refractivity contribution in [2.45, 2.75) is 65.2 Å². The standard InChI is InChI=1S/C30H34N4O2/c1-30(2,3)24-13-15-26-27(17-24)33-29(32-26)23-12-14-25(31-18-23)22-10-8-21(9-11-22)20-6-4-19(5-7-20)16-28(35)34-36/h8-12,14-15,17-20,24H,4-7,13,16H2,1-3H3,(H,32,33). The van der Waals surface area contributed by atoms with E-state index in [1.165, 1.54) is 5.56 Å². The highest BCUT2D eigenvalue weighted by molar-refractivity contribution is 5.76. The van der Waals surface area contributed by atoms with E-state index in [0.717, 1.165) is 65.4 Å². The lowest BCUT2D eigenvalue weighted by Crippen LogP contribution is -2.32. The first-order chi connectivity index (χ1) is 17.3. The molecule has 1 atom stereocenters. The van der Waals surface area contributed by atoms with Crippen molar-refractivity contribution >= 4 is 18.1 Å². The molecule has 0 spiro atoms. The van der Waals surface area contributed by atoms with Gasteiger partial charge in [0, 0.05) is 28.9 Å². The number of hydrogen-bond acceptors (Lipinski definition) is 4. The summed E-state index contributed by atoms with van der Waals surface area (Å²) in [6.45, 7) is 6.83. The van der Waals surface area contributed by atoms with Crippen LogP contribution < -0.4 is 10.7 Å². The zero-order valence-electron chi connectivity index (χ0n) is 21.3. The molecule has 0 bridgehead atoms. The van der Waals surface area contributed by atoms with Crippen LogP contribution in [-0.4, -0.2) is 20.9 Å². The van der Waals surface area contributed by atoms with Gasteiger partial charge in [-0.3, -0.25) is 9.78 Å². The number of carbonyl (C=O) groups excluding carboxylic acids is 1. The van der Waals surface area contributed by atoms with E-state index in [0.29, 0.717) is 24.2 Å². The number of rotatable bonds is 5. The normalized spacial score (nSPS) is 21.7. The number of nitroso groups, excluding NO2 is 1. The zero-order chi connectivity index (χ0) is 25.3. The molecule has 6 nitrogen and oxygen atoms in total. The summed E-state index contributed by atoms with van der Waals surface area (Å²) in [6, 6.07) is 12.8. The Morgan fingerprint density at radius 1 is 1.03 bits per heavy atom. The van der Waals surface area contributed by atoms with Crippen LogP contribution in [0.15, 0.2) is 47.8 Å². The summed E-state index contributed by atoms with van der Waals surface area (Å²) in [5.41, 5.74) is 4.57. The molecule has 2 aliphatic carbocycles. The van der Waals surface area contributed by atoms with Gasteiger partial charge in [0.15, 0.2) is 0 Å². The van der Waals surface area contributed by atoms with Gasteiger partial charge in [0.05, 0.1) is 16.4 Å². The van der Waals surface area contributed by atoms with E-state index < -0.39 is 5.91 Å². The second kappa shape index (κ2) is 9.92. The van der Waals surface area contributed by atoms with Crippen molar-refractivity contribution in [2.24, 2.45) is 22.4 Å². The summed E-state index contributed by atoms with van der Waals surface area (Å²) in [4.78, 5) is 34.7. The zero-order valence-corrected chi connectivity index (χ0v) is 21.3. The first kappa shape index (κ1) is 24.3. The SMILES string of the molecule is CC(C)(C)C1C=c2nc(-c3ccc(-c4ccc(C5CCC(CC(=O)N=O)CC5)cc4)nc3)[nH]c2=CC1. The molecular formula is C30H34N4O2. The molecule has 6 heteroatoms. The minimum absolute atomic E-state index is 0.223. The first-order valence-corrected chi connectivity index (χ1v) is 13.0. The maximum absolute atomic E-state index is 11.3. The first-order valence-electron chi connectivity index (χ1n) is 13.0. The summed E-state index contributed by atoms with van der Waals surface area (Å²) in [5, 5.41) is 4.69. The number of aromatic amines is 1. The van der Waals surface area contributed by atoms with Gasteiger partial charge in [0.1, 0.15) is 5.82 Å². The third-order valence-electron chi connectivity index (χ3n) is 7.94. The van der Waals surface area contributed by atoms with Crippen LogP contribution in [0.25, 0.3) is 34.8 Å². The van der Waals surface area contributed by atoms with E-state index in [1.54, 1.807) is 0 Å². The molecule has 1 aromatic carbocycles. The van der Waals surface area contributed by atoms with Crippen molar-refractivity contribution in [3.8, 4) is 22.6 Å². The molecule has 186 valence electrons. The predicted molar refractivity (Wildman–Crippen MR) is 143 cm³/mol. The van der Waals surface area contributed by atoms with Crippen LogP contribution >= 0.6 is 0 Å². The highest BCUT2D eigenvalue weighted by Gasteiger charge is 2.25. The van der Waals surface area contributed by atoms with Crippen LogP contribution in [0.2, 0.25) is 0 Å². The molecule has 36 heavy (non-hydrogen) atoms. The van der Waals surface area contributed by atoms with Crippen molar-refractivity contribution in [1.82, 2.24) is 15.0 Å². The van der Waals surface area contributed by atoms with E-state index >= 15 is 0 Å². The average Bonchev–Trinajstić information content (AvgIpc) is 3.32. The van der Waals surface area contributed by atoms with Crippen molar-refractivity contribution in [1.29, 1.82) is 0 Å². The number of aromatic nitrogens is 3. The third kappa shape index (κ3) is 5.23. The molecule has 1 fully saturated rings. The summed E-state index contributed by atoms with van der Waals surface area (Å²) in [6.07, 6.45) is 11.8. The van der Waals surface area contributed by atoms with Gasteiger partial charge >= 0.3 is 0 Å². The molecule has 2 aromatic heterocycles. The fraction of sp³-hybridized carbons (Fsp3) is 0.433. The number of benzene rings is 1. The number of amides is 1. The molecular weight excluding hydrogens is 448 g/mol. The molecule has 3 aromatic rings. The topological polar surface area (TPSA) is 88.1 Å². The second-order valence-electron chi connectivity index (χ2n) is 11.4. The van der Waals surface area contributed by atoms with Crippen molar-refractivity contribution in [3.63, 3.8) is 0 Å². The van der Waals surface area contributed by atoms with Crippen LogP contribution in [0.3, 0.4) is 0 Å². The van der Waals surface area contributed by atoms with E-state index in [2.05, 4.69) is 79.5 Å². The lowest BCUT2D eigenvalue weighted by Gasteiger charge is -2.28. The van der Waals surface area contributed by atoms with Gasteiger partial charge in [-0.2, -0.15) is 0 Å². The van der Waals surface area contributed by atoms with Gasteiger partial charge in [-0.1, -0.05) is 57.2 Å². The Hall–Kier alpha value is -3.41. The van der Waals surface area contributed by atoms with Crippen LogP contribution in [0.1, 0.15) is 70.8 Å². The van der Waals surface area contributed by atoms with E-state index in [1.807, 2.05) is 6.20 Å². The molecule has 1 amide bonds. The molecule has 5 rings (SSSR count). The minimum Gasteiger partial charge on any atom is -0.338 e. The quantitative estimate of drug-likeness (QED) is 0.471. The maximum atomic E-state index is 11.3. The maximum Gasteiger partial charge on any atom is 0.286 e. The average molecular weight is 483 g/mol. The Labute approximate surface area is 211 Å². The molecule has 2 heterocycles. The number of hydrogen-bond donors (Lipinski definition) is 1. The van der Waals surface area contributed by atoms with Gasteiger partial charge in [0.25, 0.3) is 5.91 Å². The predicted octanol–water partition coefficient (Wildman–Crippen LogP) is 5.72. The molecule has 1 saturated carbocycles. The number of H-pyrrole nitrogens is 1. The van der Waals surface area contributed by atoms with Crippen LogP contribution in [0, 0.1) is 22.2 Å². The monoisotopic (exact) mass is 482 g/mol. The van der Waals surface area contributed by atoms with Crippen molar-refractivity contribution < 1.29 is 4.79 Å². The van der Waals surface area contributed by atoms with E-state index in [4.69, 9.17) is 9.97 Å². The fourth-order valence-corrected chi connectivity index (χ4v) is 5.54. The van der Waals surface area contributed by atoms with Crippen molar-refractivity contribution in [2.75, 3.05) is 0 Å². The lowest BCUT2D eigenvalue weighted by atomic mass is 9.77. The smallest absolute Gasteiger partial charge is 0.286 e. The number of fused-ring (bicyclic) bond motifs is 1. The lowest BCUT2D eigenvalue weighted by molar-refractivity contribution is -0.119. The molecule has 0 radical (unpaired) electrons. The van der Waals surface area contributed by atoms with Crippen LogP contribution in [-0.2, 0) is 4.79 Å². The number of nitrogens with zero attached hydrogens (tertiary/aromatic N) is 3. The Bertz CT molecular complexity index is 1360. The summed E-state index contributed by atoms with van der Waals surface area (Å²) < 4.78 is 0. The van der Waals surface area contributed by atoms with Gasteiger partial charge in [-0.25, -0.2) is 4.98 Å². The van der Waals surface area contributed by atoms with Gasteiger partial charge in [0.2, 0.25) is 0 Å². The largest absolute Gasteiger partial charge is 0.338 e. The molecule has 0 aliphatic heterocycles. The highest BCUT2D eigenvalue weighted by atomic mass is 16.3. The second-order valence-corrected chi connectivity index (χ2v) is 11.4. The number of imidazole rings is 1. The molecule has 1 unspecified atom stereocenters. The Kier molecular flexibility index (Phi) is 6.69. The fourth-order valence-electron chi connectivity index (χ4n) is 5.54. The number of carbonyl (C=O) groups is 1. The Balaban J connectivity index is 1.26. The van der Waals surface area contributed by atoms with Gasteiger partial charge < -0.3 is 4.98 Å². The van der Waals surface area contributed by atoms with E-state index in [9.17, 15) is 9.70 Å². The van der Waals surface area contributed by atoms with E-state index in [-0.39, 0.29) is 5.41 Å². The summed E-state index contributed by atoms with van der Waals surface area (Å²) in [7, 11) is 0. The third-order valence-corrected chi connectivity index (χ3v) is 7.94. The highest BCUT2D eigenvalue weighted by Crippen LogP contribution is 2.37. The van der Waals surface area contributed by atoms with Crippen LogP contribution in [0.4, 0.5) is 0 Å². The number of pyridine rings is 1. The summed E-state index contributed by atoms with van der Waals surface area (Å²) >= 11 is 0. The van der Waals surface area contributed by atoms with Crippen molar-refractivity contribution in [3.05, 3.63) is 63.8 Å². The van der Waals surface area contributed by atoms with Gasteiger partial charge in [-0.05, 0) is 73.0 Å².